The van der Waals surface area contributed by atoms with Crippen molar-refractivity contribution in [1.82, 2.24) is 9.80 Å². The number of ether oxygens (including phenoxy) is 1. The molecule has 0 saturated carbocycles. The second-order valence-corrected chi connectivity index (χ2v) is 8.56. The van der Waals surface area contributed by atoms with E-state index in [0.717, 1.165) is 5.56 Å². The second kappa shape index (κ2) is 11.1. The van der Waals surface area contributed by atoms with Crippen LogP contribution >= 0.6 is 22.6 Å². The summed E-state index contributed by atoms with van der Waals surface area (Å²) in [7, 11) is 3.36. The largest absolute Gasteiger partial charge is 0.445 e. The van der Waals surface area contributed by atoms with Gasteiger partial charge in [0, 0.05) is 38.8 Å². The van der Waals surface area contributed by atoms with Crippen LogP contribution in [0.5, 0.6) is 0 Å². The maximum Gasteiger partial charge on any atom is 0.409 e. The van der Waals surface area contributed by atoms with E-state index in [-0.39, 0.29) is 28.3 Å². The number of benzene rings is 1. The Kier molecular flexibility index (Phi) is 9.54. The van der Waals surface area contributed by atoms with Gasteiger partial charge in [-0.05, 0) is 24.6 Å². The van der Waals surface area contributed by atoms with Crippen LogP contribution in [-0.4, -0.2) is 58.8 Å². The summed E-state index contributed by atoms with van der Waals surface area (Å²) in [6.07, 6.45) is -0.449. The fourth-order valence-electron chi connectivity index (χ4n) is 2.03. The van der Waals surface area contributed by atoms with Gasteiger partial charge < -0.3 is 19.9 Å². The molecular weight excluding hydrogens is 461 g/mol. The van der Waals surface area contributed by atoms with Crippen LogP contribution in [0.4, 0.5) is 10.5 Å². The summed E-state index contributed by atoms with van der Waals surface area (Å²) >= 11 is 2.07. The number of hydrogen-bond acceptors (Lipinski definition) is 4. The molecule has 0 unspecified atom stereocenters. The molecule has 1 atom stereocenters. The molecule has 0 aliphatic heterocycles. The number of carbonyl (C=O) groups excluding carboxylic acids is 3. The monoisotopic (exact) mass is 489 g/mol. The minimum Gasteiger partial charge on any atom is -0.445 e. The summed E-state index contributed by atoms with van der Waals surface area (Å²) in [5.74, 6) is -0.103. The van der Waals surface area contributed by atoms with Gasteiger partial charge in [-0.25, -0.2) is 4.79 Å². The van der Waals surface area contributed by atoms with E-state index in [1.165, 1.54) is 4.90 Å². The molecule has 8 heteroatoms. The van der Waals surface area contributed by atoms with Gasteiger partial charge in [-0.3, -0.25) is 9.59 Å². The van der Waals surface area contributed by atoms with Crippen LogP contribution in [0.3, 0.4) is 0 Å². The Morgan fingerprint density at radius 3 is 2.11 bits per heavy atom. The van der Waals surface area contributed by atoms with Gasteiger partial charge in [-0.1, -0.05) is 48.6 Å². The first-order chi connectivity index (χ1) is 12.6. The number of carbonyl (C=O) groups is 3. The Morgan fingerprint density at radius 2 is 1.59 bits per heavy atom. The molecule has 150 valence electrons. The van der Waals surface area contributed by atoms with Gasteiger partial charge in [0.2, 0.25) is 11.8 Å². The number of nitrogens with one attached hydrogen (secondary N) is 1. The molecule has 1 N–H and O–H groups in total. The van der Waals surface area contributed by atoms with E-state index in [1.807, 2.05) is 20.8 Å². The summed E-state index contributed by atoms with van der Waals surface area (Å²) in [4.78, 5) is 38.6. The van der Waals surface area contributed by atoms with Crippen molar-refractivity contribution < 1.29 is 19.1 Å². The molecule has 0 fully saturated rings. The quantitative estimate of drug-likeness (QED) is 0.450. The van der Waals surface area contributed by atoms with Crippen molar-refractivity contribution in [2.24, 2.45) is 5.92 Å². The first-order valence-corrected chi connectivity index (χ1v) is 10.0. The van der Waals surface area contributed by atoms with E-state index in [4.69, 9.17) is 4.74 Å². The van der Waals surface area contributed by atoms with Crippen LogP contribution in [0.1, 0.15) is 26.3 Å². The number of rotatable bonds is 8. The van der Waals surface area contributed by atoms with Crippen molar-refractivity contribution in [1.29, 1.82) is 0 Å². The lowest BCUT2D eigenvalue weighted by atomic mass is 10.2. The SMILES string of the molecule is CC(C)C(=O)Nc1ccc(COC(=O)N(C)CCN(C)C(=O)[C@H](C)I)cc1. The lowest BCUT2D eigenvalue weighted by Crippen LogP contribution is -2.39. The summed E-state index contributed by atoms with van der Waals surface area (Å²) < 4.78 is 5.19. The van der Waals surface area contributed by atoms with Crippen LogP contribution in [0.2, 0.25) is 0 Å². The minimum absolute atomic E-state index is 0.0296. The third-order valence-corrected chi connectivity index (χ3v) is 4.44. The van der Waals surface area contributed by atoms with E-state index in [1.54, 1.807) is 43.3 Å². The van der Waals surface area contributed by atoms with Crippen LogP contribution in [0.15, 0.2) is 24.3 Å². The first-order valence-electron chi connectivity index (χ1n) is 8.78. The van der Waals surface area contributed by atoms with Crippen LogP contribution in [-0.2, 0) is 20.9 Å². The summed E-state index contributed by atoms with van der Waals surface area (Å²) in [5.41, 5.74) is 1.53. The highest BCUT2D eigenvalue weighted by Gasteiger charge is 2.16. The maximum atomic E-state index is 12.1. The normalized spacial score (nSPS) is 11.7. The van der Waals surface area contributed by atoms with Crippen molar-refractivity contribution in [2.45, 2.75) is 31.3 Å². The van der Waals surface area contributed by atoms with Crippen molar-refractivity contribution in [3.05, 3.63) is 29.8 Å². The second-order valence-electron chi connectivity index (χ2n) is 6.69. The average Bonchev–Trinajstić information content (AvgIpc) is 2.63. The van der Waals surface area contributed by atoms with Gasteiger partial charge in [0.1, 0.15) is 6.61 Å². The van der Waals surface area contributed by atoms with E-state index in [9.17, 15) is 14.4 Å². The summed E-state index contributed by atoms with van der Waals surface area (Å²) in [5, 5.41) is 2.81. The zero-order valence-electron chi connectivity index (χ0n) is 16.5. The number of nitrogens with zero attached hydrogens (tertiary/aromatic N) is 2. The van der Waals surface area contributed by atoms with E-state index in [0.29, 0.717) is 18.8 Å². The Hall–Kier alpha value is -1.84. The number of halogens is 1. The van der Waals surface area contributed by atoms with Crippen molar-refractivity contribution >= 4 is 46.2 Å². The summed E-state index contributed by atoms with van der Waals surface area (Å²) in [6.45, 7) is 6.47. The Morgan fingerprint density at radius 1 is 1.04 bits per heavy atom. The molecule has 3 amide bonds. The molecule has 0 heterocycles. The van der Waals surface area contributed by atoms with Gasteiger partial charge in [0.15, 0.2) is 0 Å². The smallest absolute Gasteiger partial charge is 0.409 e. The van der Waals surface area contributed by atoms with Crippen molar-refractivity contribution in [3.63, 3.8) is 0 Å². The highest BCUT2D eigenvalue weighted by Crippen LogP contribution is 2.12. The lowest BCUT2D eigenvalue weighted by Gasteiger charge is -2.23. The fourth-order valence-corrected chi connectivity index (χ4v) is 2.51. The highest BCUT2D eigenvalue weighted by atomic mass is 127. The molecule has 1 aromatic carbocycles. The molecule has 1 rings (SSSR count). The molecule has 0 radical (unpaired) electrons. The third kappa shape index (κ3) is 8.15. The number of alkyl halides is 1. The van der Waals surface area contributed by atoms with Crippen LogP contribution in [0, 0.1) is 5.92 Å². The van der Waals surface area contributed by atoms with Crippen molar-refractivity contribution in [3.8, 4) is 0 Å². The molecule has 1 aromatic rings. The van der Waals surface area contributed by atoms with Crippen molar-refractivity contribution in [2.75, 3.05) is 32.5 Å². The lowest BCUT2D eigenvalue weighted by molar-refractivity contribution is -0.128. The molecule has 27 heavy (non-hydrogen) atoms. The van der Waals surface area contributed by atoms with Crippen LogP contribution < -0.4 is 5.32 Å². The van der Waals surface area contributed by atoms with E-state index < -0.39 is 6.09 Å². The first kappa shape index (κ1) is 23.2. The fraction of sp³-hybridized carbons (Fsp3) is 0.526. The maximum absolute atomic E-state index is 12.1. The Bertz CT molecular complexity index is 647. The molecule has 0 spiro atoms. The Labute approximate surface area is 174 Å². The zero-order valence-corrected chi connectivity index (χ0v) is 18.6. The number of amides is 3. The minimum atomic E-state index is -0.449. The molecular formula is C19H28IN3O4. The number of anilines is 1. The van der Waals surface area contributed by atoms with Gasteiger partial charge in [0.05, 0.1) is 3.92 Å². The van der Waals surface area contributed by atoms with Gasteiger partial charge >= 0.3 is 6.09 Å². The van der Waals surface area contributed by atoms with E-state index >= 15 is 0 Å². The van der Waals surface area contributed by atoms with Gasteiger partial charge in [0.25, 0.3) is 0 Å². The molecule has 0 aliphatic rings. The molecule has 7 nitrogen and oxygen atoms in total. The molecule has 0 bridgehead atoms. The molecule has 0 saturated heterocycles. The Balaban J connectivity index is 2.42. The molecule has 0 aliphatic carbocycles. The standard InChI is InChI=1S/C19H28IN3O4/c1-13(2)17(24)21-16-8-6-15(7-9-16)12-27-19(26)23(5)11-10-22(4)18(25)14(3)20/h6-9,13-14H,10-12H2,1-5H3,(H,21,24)/t14-/m0/s1. The molecule has 0 aromatic heterocycles. The van der Waals surface area contributed by atoms with Gasteiger partial charge in [-0.2, -0.15) is 0 Å². The number of likely N-dealkylation sites (N-methyl/N-ethyl adjacent to an activating group) is 2. The van der Waals surface area contributed by atoms with Gasteiger partial charge in [-0.15, -0.1) is 0 Å². The number of hydrogen-bond donors (Lipinski definition) is 1. The predicted molar refractivity (Wildman–Crippen MR) is 114 cm³/mol. The summed E-state index contributed by atoms with van der Waals surface area (Å²) in [6, 6.07) is 7.16. The zero-order chi connectivity index (χ0) is 20.6. The third-order valence-electron chi connectivity index (χ3n) is 3.91. The average molecular weight is 489 g/mol. The van der Waals surface area contributed by atoms with Crippen LogP contribution in [0.25, 0.3) is 0 Å². The highest BCUT2D eigenvalue weighted by molar-refractivity contribution is 14.1. The van der Waals surface area contributed by atoms with E-state index in [2.05, 4.69) is 27.9 Å². The predicted octanol–water partition coefficient (Wildman–Crippen LogP) is 3.13. The topological polar surface area (TPSA) is 79.0 Å².